The van der Waals surface area contributed by atoms with Gasteiger partial charge >= 0.3 is 0 Å². The van der Waals surface area contributed by atoms with Crippen LogP contribution in [-0.4, -0.2) is 42.9 Å². The van der Waals surface area contributed by atoms with Crippen LogP contribution in [0.4, 0.5) is 0 Å². The third-order valence-corrected chi connectivity index (χ3v) is 5.07. The van der Waals surface area contributed by atoms with Gasteiger partial charge in [-0.15, -0.1) is 24.0 Å². The summed E-state index contributed by atoms with van der Waals surface area (Å²) in [6.45, 7) is 5.08. The highest BCUT2D eigenvalue weighted by Gasteiger charge is 2.19. The Balaban J connectivity index is 0.00000300. The standard InChI is InChI=1S/C22H27ClN4O.HI/c1-2-24-22(25-13-11-17-7-9-20(23)10-8-17)26-15-21(28)27-14-12-18-5-3-4-6-19(18)16-27;/h3-10H,2,11-16H2,1H3,(H2,24,25,26);1H. The molecule has 1 amide bonds. The van der Waals surface area contributed by atoms with Gasteiger partial charge in [0.15, 0.2) is 5.96 Å². The third-order valence-electron chi connectivity index (χ3n) is 4.82. The lowest BCUT2D eigenvalue weighted by Crippen LogP contribution is -2.41. The van der Waals surface area contributed by atoms with Gasteiger partial charge in [0.2, 0.25) is 5.91 Å². The van der Waals surface area contributed by atoms with Crippen LogP contribution in [0.3, 0.4) is 0 Å². The van der Waals surface area contributed by atoms with Crippen LogP contribution < -0.4 is 10.6 Å². The van der Waals surface area contributed by atoms with Crippen LogP contribution in [0, 0.1) is 0 Å². The summed E-state index contributed by atoms with van der Waals surface area (Å²) in [6, 6.07) is 16.1. The smallest absolute Gasteiger partial charge is 0.244 e. The van der Waals surface area contributed by atoms with Gasteiger partial charge in [-0.25, -0.2) is 4.99 Å². The third kappa shape index (κ3) is 7.19. The summed E-state index contributed by atoms with van der Waals surface area (Å²) in [6.07, 6.45) is 1.77. The summed E-state index contributed by atoms with van der Waals surface area (Å²) < 4.78 is 0. The van der Waals surface area contributed by atoms with Crippen molar-refractivity contribution in [3.8, 4) is 0 Å². The zero-order valence-electron chi connectivity index (χ0n) is 16.7. The first-order valence-electron chi connectivity index (χ1n) is 9.77. The van der Waals surface area contributed by atoms with Gasteiger partial charge < -0.3 is 15.5 Å². The molecule has 0 bridgehead atoms. The van der Waals surface area contributed by atoms with Crippen molar-refractivity contribution in [2.24, 2.45) is 4.99 Å². The average Bonchev–Trinajstić information content (AvgIpc) is 2.72. The van der Waals surface area contributed by atoms with Crippen LogP contribution in [0.15, 0.2) is 53.5 Å². The molecule has 3 rings (SSSR count). The predicted octanol–water partition coefficient (Wildman–Crippen LogP) is 3.64. The molecule has 0 aromatic heterocycles. The Morgan fingerprint density at radius 2 is 1.83 bits per heavy atom. The highest BCUT2D eigenvalue weighted by molar-refractivity contribution is 14.0. The maximum Gasteiger partial charge on any atom is 0.244 e. The Morgan fingerprint density at radius 1 is 1.10 bits per heavy atom. The number of halogens is 2. The van der Waals surface area contributed by atoms with Gasteiger partial charge in [0.05, 0.1) is 0 Å². The molecule has 29 heavy (non-hydrogen) atoms. The van der Waals surface area contributed by atoms with E-state index in [1.807, 2.05) is 42.2 Å². The Kier molecular flexibility index (Phi) is 9.73. The van der Waals surface area contributed by atoms with Crippen LogP contribution >= 0.6 is 35.6 Å². The molecular weight excluding hydrogens is 499 g/mol. The van der Waals surface area contributed by atoms with E-state index in [9.17, 15) is 4.79 Å². The first-order chi connectivity index (χ1) is 13.7. The number of amides is 1. The van der Waals surface area contributed by atoms with E-state index in [1.165, 1.54) is 16.7 Å². The average molecular weight is 527 g/mol. The molecule has 2 aromatic carbocycles. The predicted molar refractivity (Wildman–Crippen MR) is 130 cm³/mol. The number of carbonyl (C=O) groups is 1. The number of benzene rings is 2. The number of guanidine groups is 1. The zero-order chi connectivity index (χ0) is 19.8. The molecule has 0 aliphatic carbocycles. The summed E-state index contributed by atoms with van der Waals surface area (Å²) in [4.78, 5) is 19.0. The highest BCUT2D eigenvalue weighted by atomic mass is 127. The SMILES string of the molecule is CCNC(=NCC(=O)N1CCc2ccccc2C1)NCCc1ccc(Cl)cc1.I. The summed E-state index contributed by atoms with van der Waals surface area (Å²) in [5, 5.41) is 7.23. The normalized spacial score (nSPS) is 13.3. The largest absolute Gasteiger partial charge is 0.357 e. The van der Waals surface area contributed by atoms with Crippen LogP contribution in [-0.2, 0) is 24.2 Å². The van der Waals surface area contributed by atoms with Crippen LogP contribution in [0.25, 0.3) is 0 Å². The van der Waals surface area contributed by atoms with E-state index in [-0.39, 0.29) is 36.4 Å². The van der Waals surface area contributed by atoms with E-state index in [4.69, 9.17) is 11.6 Å². The molecule has 0 fully saturated rings. The van der Waals surface area contributed by atoms with Gasteiger partial charge in [-0.05, 0) is 48.6 Å². The fourth-order valence-corrected chi connectivity index (χ4v) is 3.40. The lowest BCUT2D eigenvalue weighted by molar-refractivity contribution is -0.130. The minimum absolute atomic E-state index is 0. The fourth-order valence-electron chi connectivity index (χ4n) is 3.27. The van der Waals surface area contributed by atoms with Crippen LogP contribution in [0.2, 0.25) is 5.02 Å². The lowest BCUT2D eigenvalue weighted by Gasteiger charge is -2.28. The Labute approximate surface area is 194 Å². The molecule has 1 aliphatic rings. The van der Waals surface area contributed by atoms with E-state index >= 15 is 0 Å². The summed E-state index contributed by atoms with van der Waals surface area (Å²) in [5.41, 5.74) is 3.78. The van der Waals surface area contributed by atoms with Gasteiger partial charge in [-0.3, -0.25) is 4.79 Å². The van der Waals surface area contributed by atoms with E-state index in [0.717, 1.165) is 37.5 Å². The zero-order valence-corrected chi connectivity index (χ0v) is 19.7. The maximum atomic E-state index is 12.6. The van der Waals surface area contributed by atoms with Gasteiger partial charge in [-0.1, -0.05) is 48.0 Å². The molecule has 0 unspecified atom stereocenters. The number of aliphatic imine (C=N–C) groups is 1. The molecule has 5 nitrogen and oxygen atoms in total. The number of hydrogen-bond donors (Lipinski definition) is 2. The van der Waals surface area contributed by atoms with Crippen molar-refractivity contribution in [1.29, 1.82) is 0 Å². The number of fused-ring (bicyclic) bond motifs is 1. The first kappa shape index (κ1) is 23.5. The van der Waals surface area contributed by atoms with E-state index < -0.39 is 0 Å². The van der Waals surface area contributed by atoms with E-state index in [2.05, 4.69) is 33.8 Å². The van der Waals surface area contributed by atoms with Crippen molar-refractivity contribution < 1.29 is 4.79 Å². The first-order valence-corrected chi connectivity index (χ1v) is 10.1. The Bertz CT molecular complexity index is 826. The summed E-state index contributed by atoms with van der Waals surface area (Å²) in [5.74, 6) is 0.728. The van der Waals surface area contributed by atoms with E-state index in [1.54, 1.807) is 0 Å². The lowest BCUT2D eigenvalue weighted by atomic mass is 10.00. The van der Waals surface area contributed by atoms with Crippen molar-refractivity contribution in [1.82, 2.24) is 15.5 Å². The number of hydrogen-bond acceptors (Lipinski definition) is 2. The molecular formula is C22H28ClIN4O. The van der Waals surface area contributed by atoms with E-state index in [0.29, 0.717) is 12.5 Å². The Morgan fingerprint density at radius 3 is 2.55 bits per heavy atom. The van der Waals surface area contributed by atoms with Crippen LogP contribution in [0.1, 0.15) is 23.6 Å². The van der Waals surface area contributed by atoms with Crippen LogP contribution in [0.5, 0.6) is 0 Å². The topological polar surface area (TPSA) is 56.7 Å². The second kappa shape index (κ2) is 12.0. The molecule has 7 heteroatoms. The molecule has 0 spiro atoms. The van der Waals surface area contributed by atoms with Crippen molar-refractivity contribution in [2.75, 3.05) is 26.2 Å². The molecule has 0 saturated heterocycles. The fraction of sp³-hybridized carbons (Fsp3) is 0.364. The molecule has 156 valence electrons. The quantitative estimate of drug-likeness (QED) is 0.343. The number of nitrogens with one attached hydrogen (secondary N) is 2. The molecule has 2 aromatic rings. The highest BCUT2D eigenvalue weighted by Crippen LogP contribution is 2.18. The molecule has 1 aliphatic heterocycles. The molecule has 0 saturated carbocycles. The second-order valence-corrected chi connectivity index (χ2v) is 7.27. The number of nitrogens with zero attached hydrogens (tertiary/aromatic N) is 2. The molecule has 0 atom stereocenters. The second-order valence-electron chi connectivity index (χ2n) is 6.83. The summed E-state index contributed by atoms with van der Waals surface area (Å²) in [7, 11) is 0. The minimum atomic E-state index is 0. The van der Waals surface area contributed by atoms with Gasteiger partial charge in [0, 0.05) is 31.2 Å². The summed E-state index contributed by atoms with van der Waals surface area (Å²) >= 11 is 5.92. The number of carbonyl (C=O) groups excluding carboxylic acids is 1. The van der Waals surface area contributed by atoms with Crippen molar-refractivity contribution in [3.05, 3.63) is 70.2 Å². The molecule has 0 radical (unpaired) electrons. The minimum Gasteiger partial charge on any atom is -0.357 e. The monoisotopic (exact) mass is 526 g/mol. The van der Waals surface area contributed by atoms with Gasteiger partial charge in [0.1, 0.15) is 6.54 Å². The maximum absolute atomic E-state index is 12.6. The molecule has 2 N–H and O–H groups in total. The molecule has 1 heterocycles. The number of rotatable bonds is 6. The van der Waals surface area contributed by atoms with Gasteiger partial charge in [0.25, 0.3) is 0 Å². The van der Waals surface area contributed by atoms with Crippen molar-refractivity contribution >= 4 is 47.4 Å². The van der Waals surface area contributed by atoms with Gasteiger partial charge in [-0.2, -0.15) is 0 Å². The van der Waals surface area contributed by atoms with Crippen molar-refractivity contribution in [3.63, 3.8) is 0 Å². The Hall–Kier alpha value is -1.80. The van der Waals surface area contributed by atoms with Crippen molar-refractivity contribution in [2.45, 2.75) is 26.3 Å².